The maximum Gasteiger partial charge on any atom is 0.327 e. The Bertz CT molecular complexity index is 1780. The number of halogens is 1. The van der Waals surface area contributed by atoms with Gasteiger partial charge in [0.25, 0.3) is 0 Å². The second-order valence-electron chi connectivity index (χ2n) is 10.5. The van der Waals surface area contributed by atoms with Gasteiger partial charge in [-0.05, 0) is 23.8 Å². The van der Waals surface area contributed by atoms with Gasteiger partial charge < -0.3 is 9.42 Å². The molecule has 1 fully saturated rings. The Morgan fingerprint density at radius 1 is 1.23 bits per heavy atom. The molecule has 3 aliphatic heterocycles. The number of carbonyl (C=O) groups excluding carboxylic acids is 2. The molecule has 2 aromatic carbocycles. The number of benzene rings is 2. The van der Waals surface area contributed by atoms with Crippen molar-refractivity contribution >= 4 is 34.1 Å². The number of quaternary nitrogens is 1. The molecule has 1 saturated heterocycles. The minimum Gasteiger partial charge on any atom is -0.340 e. The van der Waals surface area contributed by atoms with E-state index in [9.17, 15) is 9.59 Å². The van der Waals surface area contributed by atoms with Gasteiger partial charge in [-0.15, -0.1) is 9.69 Å². The van der Waals surface area contributed by atoms with Gasteiger partial charge in [0, 0.05) is 49.1 Å². The number of carbonyl (C=O) groups is 2. The lowest BCUT2D eigenvalue weighted by Gasteiger charge is -2.36. The number of hydrogen-bond acceptors (Lipinski definition) is 7. The first-order valence-corrected chi connectivity index (χ1v) is 12.9. The zero-order valence-electron chi connectivity index (χ0n) is 21.5. The highest BCUT2D eigenvalue weighted by atomic mass is 19.1. The van der Waals surface area contributed by atoms with Crippen molar-refractivity contribution in [3.8, 4) is 11.1 Å². The van der Waals surface area contributed by atoms with Crippen LogP contribution in [0.15, 0.2) is 41.1 Å². The molecule has 0 aliphatic carbocycles. The zero-order valence-corrected chi connectivity index (χ0v) is 21.5. The van der Waals surface area contributed by atoms with Crippen molar-refractivity contribution < 1.29 is 18.5 Å². The summed E-state index contributed by atoms with van der Waals surface area (Å²) in [6.45, 7) is 2.99. The standard InChI is InChI=1S/C27H26FN8O3/c1-16-30-24(32-39-16)13-33(2)25(38)14-34-22-5-3-4-19-20-11-23-18(10-21(20)28)12-29-35(23)36(15-37)8-6-17(7-9-36)27(31-34)26(19)22/h3-5,10-12,15,17H,6-9,13-14H2,1-2H3/q+1. The first-order chi connectivity index (χ1) is 18.9. The average Bonchev–Trinajstić information content (AvgIpc) is 3.64. The maximum absolute atomic E-state index is 15.6. The normalized spacial score (nSPS) is 20.0. The molecule has 2 amide bonds. The van der Waals surface area contributed by atoms with E-state index < -0.39 is 0 Å². The van der Waals surface area contributed by atoms with E-state index in [-0.39, 0.29) is 35.3 Å². The number of likely N-dealkylation sites (N-methyl/N-ethyl adjacent to an activating group) is 1. The Morgan fingerprint density at radius 3 is 2.79 bits per heavy atom. The number of rotatable bonds is 5. The van der Waals surface area contributed by atoms with Crippen molar-refractivity contribution in [2.24, 2.45) is 0 Å². The first-order valence-electron chi connectivity index (χ1n) is 12.9. The van der Waals surface area contributed by atoms with E-state index in [2.05, 4.69) is 15.2 Å². The third-order valence-corrected chi connectivity index (χ3v) is 8.08. The quantitative estimate of drug-likeness (QED) is 0.254. The van der Waals surface area contributed by atoms with Crippen molar-refractivity contribution in [3.63, 3.8) is 0 Å². The molecule has 0 spiro atoms. The molecule has 198 valence electrons. The number of amides is 2. The van der Waals surface area contributed by atoms with Gasteiger partial charge >= 0.3 is 6.41 Å². The topological polar surface area (TPSA) is 112 Å². The number of nitrogens with zero attached hydrogens (tertiary/aromatic N) is 8. The van der Waals surface area contributed by atoms with Crippen molar-refractivity contribution in [2.45, 2.75) is 38.8 Å². The number of fused-ring (bicyclic) bond motifs is 2. The molecule has 0 radical (unpaired) electrons. The fourth-order valence-corrected chi connectivity index (χ4v) is 6.03. The van der Waals surface area contributed by atoms with Gasteiger partial charge in [0.05, 0.1) is 24.0 Å². The van der Waals surface area contributed by atoms with Crippen molar-refractivity contribution in [3.05, 3.63) is 59.8 Å². The largest absolute Gasteiger partial charge is 0.340 e. The predicted octanol–water partition coefficient (Wildman–Crippen LogP) is 3.03. The molecule has 39 heavy (non-hydrogen) atoms. The molecule has 3 aliphatic rings. The Morgan fingerprint density at radius 2 is 2.05 bits per heavy atom. The molecule has 4 bridgehead atoms. The molecular formula is C27H26FN8O3+. The van der Waals surface area contributed by atoms with E-state index in [1.54, 1.807) is 35.7 Å². The molecule has 0 unspecified atom stereocenters. The van der Waals surface area contributed by atoms with E-state index in [1.165, 1.54) is 11.0 Å². The maximum atomic E-state index is 15.6. The first kappa shape index (κ1) is 23.7. The monoisotopic (exact) mass is 529 g/mol. The minimum absolute atomic E-state index is 0.00261. The summed E-state index contributed by atoms with van der Waals surface area (Å²) in [6, 6.07) is 8.92. The SMILES string of the molecule is Cc1nc(CN(C)C(=O)Cn2nc3c4c(cccc42)-c2cc4c(cnn4[N+]4(C=O)CCC3CC4)cc2F)no1. The van der Waals surface area contributed by atoms with Gasteiger partial charge in [-0.3, -0.25) is 9.48 Å². The van der Waals surface area contributed by atoms with Crippen molar-refractivity contribution in [2.75, 3.05) is 20.1 Å². The molecular weight excluding hydrogens is 503 g/mol. The van der Waals surface area contributed by atoms with Gasteiger partial charge in [-0.25, -0.2) is 9.18 Å². The van der Waals surface area contributed by atoms with Crippen molar-refractivity contribution in [1.82, 2.24) is 39.3 Å². The van der Waals surface area contributed by atoms with Gasteiger partial charge in [0.2, 0.25) is 11.8 Å². The molecule has 5 aromatic rings. The zero-order chi connectivity index (χ0) is 26.9. The highest BCUT2D eigenvalue weighted by Gasteiger charge is 2.41. The Hall–Kier alpha value is -4.45. The average molecular weight is 530 g/mol. The Balaban J connectivity index is 1.37. The van der Waals surface area contributed by atoms with E-state index in [0.717, 1.165) is 23.0 Å². The fourth-order valence-electron chi connectivity index (χ4n) is 6.03. The van der Waals surface area contributed by atoms with Crippen LogP contribution in [-0.4, -0.2) is 67.2 Å². The second kappa shape index (κ2) is 8.53. The van der Waals surface area contributed by atoms with Crippen LogP contribution in [0.3, 0.4) is 0 Å². The van der Waals surface area contributed by atoms with E-state index in [0.29, 0.717) is 59.7 Å². The smallest absolute Gasteiger partial charge is 0.327 e. The highest BCUT2D eigenvalue weighted by molar-refractivity contribution is 6.00. The summed E-state index contributed by atoms with van der Waals surface area (Å²) in [5.41, 5.74) is 3.42. The number of aryl methyl sites for hydroxylation is 1. The minimum atomic E-state index is -0.376. The van der Waals surface area contributed by atoms with Crippen LogP contribution in [0.5, 0.6) is 0 Å². The van der Waals surface area contributed by atoms with Crippen LogP contribution in [-0.2, 0) is 22.7 Å². The molecule has 0 N–H and O–H groups in total. The molecule has 6 heterocycles. The molecule has 3 aromatic heterocycles. The van der Waals surface area contributed by atoms with Crippen LogP contribution < -0.4 is 4.59 Å². The summed E-state index contributed by atoms with van der Waals surface area (Å²) in [6.07, 6.45) is 3.95. The molecule has 8 rings (SSSR count). The van der Waals surface area contributed by atoms with Crippen LogP contribution in [0.4, 0.5) is 4.39 Å². The molecule has 12 heteroatoms. The van der Waals surface area contributed by atoms with Gasteiger partial charge in [0.15, 0.2) is 5.82 Å². The van der Waals surface area contributed by atoms with Crippen LogP contribution in [0, 0.1) is 12.7 Å². The number of aromatic nitrogens is 6. The third-order valence-electron chi connectivity index (χ3n) is 8.08. The van der Waals surface area contributed by atoms with Crippen LogP contribution >= 0.6 is 0 Å². The lowest BCUT2D eigenvalue weighted by Crippen LogP contribution is -2.61. The summed E-state index contributed by atoms with van der Waals surface area (Å²) < 4.78 is 22.4. The Kier molecular flexibility index (Phi) is 5.17. The predicted molar refractivity (Wildman–Crippen MR) is 139 cm³/mol. The third kappa shape index (κ3) is 3.58. The lowest BCUT2D eigenvalue weighted by molar-refractivity contribution is -0.131. The summed E-state index contributed by atoms with van der Waals surface area (Å²) in [5, 5.41) is 14.8. The fraction of sp³-hybridized carbons (Fsp3) is 0.333. The van der Waals surface area contributed by atoms with Crippen LogP contribution in [0.1, 0.15) is 36.2 Å². The summed E-state index contributed by atoms with van der Waals surface area (Å²) in [7, 11) is 1.68. The van der Waals surface area contributed by atoms with E-state index >= 15 is 4.39 Å². The van der Waals surface area contributed by atoms with Gasteiger partial charge in [-0.1, -0.05) is 22.1 Å². The highest BCUT2D eigenvalue weighted by Crippen LogP contribution is 2.41. The number of hydrogen-bond donors (Lipinski definition) is 0. The summed E-state index contributed by atoms with van der Waals surface area (Å²) >= 11 is 0. The molecule has 0 atom stereocenters. The van der Waals surface area contributed by atoms with E-state index in [1.807, 2.05) is 18.2 Å². The van der Waals surface area contributed by atoms with Crippen LogP contribution in [0.25, 0.3) is 32.9 Å². The molecule has 0 saturated carbocycles. The van der Waals surface area contributed by atoms with Gasteiger partial charge in [-0.2, -0.15) is 10.1 Å². The molecule has 11 nitrogen and oxygen atoms in total. The number of piperidine rings is 1. The second-order valence-corrected chi connectivity index (χ2v) is 10.5. The van der Waals surface area contributed by atoms with E-state index in [4.69, 9.17) is 9.62 Å². The summed E-state index contributed by atoms with van der Waals surface area (Å²) in [5.74, 6) is 0.361. The summed E-state index contributed by atoms with van der Waals surface area (Å²) in [4.78, 5) is 33.1. The van der Waals surface area contributed by atoms with Crippen LogP contribution in [0.2, 0.25) is 0 Å². The van der Waals surface area contributed by atoms with Crippen molar-refractivity contribution in [1.29, 1.82) is 0 Å². The van der Waals surface area contributed by atoms with Gasteiger partial charge in [0.1, 0.15) is 31.0 Å². The lowest BCUT2D eigenvalue weighted by atomic mass is 9.89. The Labute approximate surface area is 221 Å².